The van der Waals surface area contributed by atoms with E-state index < -0.39 is 5.97 Å². The van der Waals surface area contributed by atoms with Crippen LogP contribution in [0, 0.1) is 5.92 Å². The van der Waals surface area contributed by atoms with Gasteiger partial charge in [-0.3, -0.25) is 5.01 Å². The predicted octanol–water partition coefficient (Wildman–Crippen LogP) is 4.04. The number of rotatable bonds is 7. The van der Waals surface area contributed by atoms with Crippen LogP contribution in [0.4, 0.5) is 5.69 Å². The van der Waals surface area contributed by atoms with Gasteiger partial charge in [-0.2, -0.15) is 5.10 Å². The smallest absolute Gasteiger partial charge is 0.360 e. The quantitative estimate of drug-likeness (QED) is 0.470. The van der Waals surface area contributed by atoms with Crippen molar-refractivity contribution < 1.29 is 19.0 Å². The Morgan fingerprint density at radius 3 is 2.58 bits per heavy atom. The Hall–Kier alpha value is -3.32. The molecule has 2 aliphatic heterocycles. The van der Waals surface area contributed by atoms with Gasteiger partial charge in [0.2, 0.25) is 0 Å². The first kappa shape index (κ1) is 22.9. The summed E-state index contributed by atoms with van der Waals surface area (Å²) in [6.07, 6.45) is 1.83. The Bertz CT molecular complexity index is 1030. The first-order valence-corrected chi connectivity index (χ1v) is 11.3. The molecular weight excluding hydrogens is 418 g/mol. The minimum atomic E-state index is -0.471. The first-order valence-electron chi connectivity index (χ1n) is 11.3. The van der Waals surface area contributed by atoms with Gasteiger partial charge in [0.1, 0.15) is 6.61 Å². The molecule has 1 fully saturated rings. The molecule has 7 nitrogen and oxygen atoms in total. The highest BCUT2D eigenvalue weighted by atomic mass is 16.5. The van der Waals surface area contributed by atoms with Crippen LogP contribution in [-0.4, -0.2) is 50.6 Å². The summed E-state index contributed by atoms with van der Waals surface area (Å²) in [6.45, 7) is 7.91. The summed E-state index contributed by atoms with van der Waals surface area (Å²) in [5.41, 5.74) is 4.42. The van der Waals surface area contributed by atoms with Crippen LogP contribution in [0.3, 0.4) is 0 Å². The van der Waals surface area contributed by atoms with E-state index >= 15 is 0 Å². The third-order valence-corrected chi connectivity index (χ3v) is 5.64. The topological polar surface area (TPSA) is 63.6 Å². The standard InChI is InChI=1S/C26H31N3O4/c1-19(2)16-27-29-17-22-21(10-7-11-23(22)28-12-14-32-15-13-28)25(24(29)26(30)31-3)33-18-20-8-5-4-6-9-20/h4-11,16,19H,12-15,17-18H2,1-3H3/b27-16-. The number of anilines is 1. The van der Waals surface area contributed by atoms with Crippen LogP contribution in [0.1, 0.15) is 30.5 Å². The second-order valence-corrected chi connectivity index (χ2v) is 8.41. The molecule has 33 heavy (non-hydrogen) atoms. The lowest BCUT2D eigenvalue weighted by Gasteiger charge is -2.35. The molecule has 2 aromatic carbocycles. The van der Waals surface area contributed by atoms with Crippen LogP contribution in [-0.2, 0) is 32.2 Å². The van der Waals surface area contributed by atoms with Gasteiger partial charge >= 0.3 is 5.97 Å². The molecule has 0 radical (unpaired) electrons. The number of carbonyl (C=O) groups excluding carboxylic acids is 1. The van der Waals surface area contributed by atoms with Gasteiger partial charge in [-0.25, -0.2) is 4.79 Å². The van der Waals surface area contributed by atoms with Gasteiger partial charge in [-0.05, 0) is 17.5 Å². The second kappa shape index (κ2) is 10.5. The molecule has 0 aliphatic carbocycles. The highest BCUT2D eigenvalue weighted by Gasteiger charge is 2.34. The fraction of sp³-hybridized carbons (Fsp3) is 0.385. The molecule has 1 saturated heterocycles. The van der Waals surface area contributed by atoms with Crippen molar-refractivity contribution in [3.8, 4) is 0 Å². The monoisotopic (exact) mass is 449 g/mol. The number of hydrogen-bond donors (Lipinski definition) is 0. The number of carbonyl (C=O) groups is 1. The summed E-state index contributed by atoms with van der Waals surface area (Å²) < 4.78 is 17.0. The molecule has 4 rings (SSSR count). The molecule has 2 heterocycles. The van der Waals surface area contributed by atoms with Crippen molar-refractivity contribution in [2.75, 3.05) is 38.3 Å². The van der Waals surface area contributed by atoms with Crippen LogP contribution in [0.15, 0.2) is 59.3 Å². The van der Waals surface area contributed by atoms with Crippen molar-refractivity contribution in [1.82, 2.24) is 5.01 Å². The predicted molar refractivity (Wildman–Crippen MR) is 129 cm³/mol. The van der Waals surface area contributed by atoms with E-state index in [1.54, 1.807) is 5.01 Å². The zero-order valence-corrected chi connectivity index (χ0v) is 19.5. The number of nitrogens with zero attached hydrogens (tertiary/aromatic N) is 3. The van der Waals surface area contributed by atoms with E-state index in [-0.39, 0.29) is 5.92 Å². The van der Waals surface area contributed by atoms with Gasteiger partial charge in [0, 0.05) is 36.1 Å². The van der Waals surface area contributed by atoms with Crippen molar-refractivity contribution in [2.45, 2.75) is 27.0 Å². The molecule has 0 bridgehead atoms. The third kappa shape index (κ3) is 5.20. The first-order chi connectivity index (χ1) is 16.1. The Balaban J connectivity index is 1.81. The summed E-state index contributed by atoms with van der Waals surface area (Å²) in [6, 6.07) is 16.0. The van der Waals surface area contributed by atoms with E-state index in [2.05, 4.69) is 29.9 Å². The molecule has 0 amide bonds. The van der Waals surface area contributed by atoms with Crippen LogP contribution in [0.5, 0.6) is 0 Å². The van der Waals surface area contributed by atoms with Crippen LogP contribution in [0.25, 0.3) is 5.76 Å². The molecule has 0 unspecified atom stereocenters. The second-order valence-electron chi connectivity index (χ2n) is 8.41. The molecule has 2 aliphatic rings. The minimum absolute atomic E-state index is 0.230. The lowest BCUT2D eigenvalue weighted by Crippen LogP contribution is -2.38. The van der Waals surface area contributed by atoms with Crippen LogP contribution < -0.4 is 4.90 Å². The van der Waals surface area contributed by atoms with E-state index in [0.29, 0.717) is 37.8 Å². The third-order valence-electron chi connectivity index (χ3n) is 5.64. The number of methoxy groups -OCH3 is 1. The molecule has 0 spiro atoms. The lowest BCUT2D eigenvalue weighted by atomic mass is 9.97. The molecule has 0 aromatic heterocycles. The van der Waals surface area contributed by atoms with E-state index in [0.717, 1.165) is 35.5 Å². The number of fused-ring (bicyclic) bond motifs is 1. The zero-order chi connectivity index (χ0) is 23.2. The number of esters is 1. The van der Waals surface area contributed by atoms with Crippen molar-refractivity contribution >= 4 is 23.6 Å². The van der Waals surface area contributed by atoms with Crippen LogP contribution in [0.2, 0.25) is 0 Å². The largest absolute Gasteiger partial charge is 0.486 e. The highest BCUT2D eigenvalue weighted by molar-refractivity contribution is 5.97. The minimum Gasteiger partial charge on any atom is -0.486 e. The number of benzene rings is 2. The van der Waals surface area contributed by atoms with Gasteiger partial charge in [-0.15, -0.1) is 0 Å². The van der Waals surface area contributed by atoms with Gasteiger partial charge < -0.3 is 19.1 Å². The number of ether oxygens (including phenoxy) is 3. The van der Waals surface area contributed by atoms with Gasteiger partial charge in [0.15, 0.2) is 11.5 Å². The summed E-state index contributed by atoms with van der Waals surface area (Å²) >= 11 is 0. The SMILES string of the molecule is COC(=O)C1=C(OCc2ccccc2)c2cccc(N3CCOCC3)c2CN1/N=C\C(C)C. The summed E-state index contributed by atoms with van der Waals surface area (Å²) in [4.78, 5) is 15.3. The molecule has 0 atom stereocenters. The van der Waals surface area contributed by atoms with Crippen molar-refractivity contribution in [2.24, 2.45) is 11.0 Å². The van der Waals surface area contributed by atoms with E-state index in [9.17, 15) is 4.79 Å². The Morgan fingerprint density at radius 1 is 1.12 bits per heavy atom. The summed E-state index contributed by atoms with van der Waals surface area (Å²) in [7, 11) is 1.38. The number of morpholine rings is 1. The maximum Gasteiger partial charge on any atom is 0.360 e. The molecule has 0 N–H and O–H groups in total. The number of hydrogen-bond acceptors (Lipinski definition) is 7. The number of hydrazone groups is 1. The molecule has 2 aromatic rings. The molecule has 174 valence electrons. The van der Waals surface area contributed by atoms with Crippen molar-refractivity contribution in [1.29, 1.82) is 0 Å². The fourth-order valence-electron chi connectivity index (χ4n) is 4.01. The van der Waals surface area contributed by atoms with Crippen molar-refractivity contribution in [3.05, 3.63) is 70.9 Å². The fourth-order valence-corrected chi connectivity index (χ4v) is 4.01. The van der Waals surface area contributed by atoms with Crippen molar-refractivity contribution in [3.63, 3.8) is 0 Å². The maximum absolute atomic E-state index is 12.9. The Labute approximate surface area is 195 Å². The lowest BCUT2D eigenvalue weighted by molar-refractivity contribution is -0.138. The van der Waals surface area contributed by atoms with E-state index in [4.69, 9.17) is 14.2 Å². The molecular formula is C26H31N3O4. The Morgan fingerprint density at radius 2 is 1.88 bits per heavy atom. The van der Waals surface area contributed by atoms with Gasteiger partial charge in [0.25, 0.3) is 0 Å². The maximum atomic E-state index is 12.9. The normalized spacial score (nSPS) is 16.4. The average Bonchev–Trinajstić information content (AvgIpc) is 2.86. The highest BCUT2D eigenvalue weighted by Crippen LogP contribution is 2.39. The Kier molecular flexibility index (Phi) is 7.29. The van der Waals surface area contributed by atoms with Gasteiger partial charge in [0.05, 0.1) is 26.9 Å². The van der Waals surface area contributed by atoms with E-state index in [1.807, 2.05) is 48.7 Å². The van der Waals surface area contributed by atoms with Crippen LogP contribution >= 0.6 is 0 Å². The molecule has 7 heteroatoms. The molecule has 0 saturated carbocycles. The summed E-state index contributed by atoms with van der Waals surface area (Å²) in [5.74, 6) is 0.248. The van der Waals surface area contributed by atoms with E-state index in [1.165, 1.54) is 7.11 Å². The zero-order valence-electron chi connectivity index (χ0n) is 19.5. The van der Waals surface area contributed by atoms with Gasteiger partial charge in [-0.1, -0.05) is 56.3 Å². The summed E-state index contributed by atoms with van der Waals surface area (Å²) in [5, 5.41) is 6.36. The average molecular weight is 450 g/mol.